The van der Waals surface area contributed by atoms with Crippen LogP contribution in [0.4, 0.5) is 0 Å². The lowest BCUT2D eigenvalue weighted by Crippen LogP contribution is -2.19. The van der Waals surface area contributed by atoms with E-state index in [1.807, 2.05) is 0 Å². The van der Waals surface area contributed by atoms with Crippen LogP contribution in [0.1, 0.15) is 44.9 Å². The fourth-order valence-electron chi connectivity index (χ4n) is 2.51. The number of carbonyl (C=O) groups is 1. The summed E-state index contributed by atoms with van der Waals surface area (Å²) in [5, 5.41) is 20.4. The van der Waals surface area contributed by atoms with Crippen molar-refractivity contribution >= 4 is 5.97 Å². The van der Waals surface area contributed by atoms with E-state index in [1.54, 1.807) is 11.6 Å². The van der Waals surface area contributed by atoms with Crippen LogP contribution in [0, 0.1) is 11.8 Å². The van der Waals surface area contributed by atoms with E-state index in [2.05, 4.69) is 15.5 Å². The zero-order valence-electron chi connectivity index (χ0n) is 10.7. The largest absolute Gasteiger partial charge is 0.481 e. The summed E-state index contributed by atoms with van der Waals surface area (Å²) in [6, 6.07) is 0. The van der Waals surface area contributed by atoms with Crippen LogP contribution in [-0.2, 0) is 17.8 Å². The average Bonchev–Trinajstić information content (AvgIpc) is 2.97. The third-order valence-electron chi connectivity index (χ3n) is 3.73. The van der Waals surface area contributed by atoms with Crippen LogP contribution in [0.15, 0.2) is 0 Å². The molecule has 1 aromatic heterocycles. The molecule has 1 N–H and O–H groups in total. The summed E-state index contributed by atoms with van der Waals surface area (Å²) in [4.78, 5) is 10.8. The second-order valence-corrected chi connectivity index (χ2v) is 5.21. The Labute approximate surface area is 106 Å². The van der Waals surface area contributed by atoms with Crippen molar-refractivity contribution in [3.63, 3.8) is 0 Å². The normalized spacial score (nSPS) is 18.1. The van der Waals surface area contributed by atoms with Gasteiger partial charge in [0.15, 0.2) is 5.82 Å². The Hall–Kier alpha value is -1.46. The fourth-order valence-corrected chi connectivity index (χ4v) is 2.51. The number of aliphatic carboxylic acids is 1. The van der Waals surface area contributed by atoms with Gasteiger partial charge in [-0.05, 0) is 22.8 Å². The molecule has 1 aromatic rings. The molecule has 0 amide bonds. The van der Waals surface area contributed by atoms with E-state index in [1.165, 1.54) is 25.7 Å². The molecule has 0 radical (unpaired) electrons. The maximum absolute atomic E-state index is 10.8. The molecule has 1 unspecified atom stereocenters. The van der Waals surface area contributed by atoms with Gasteiger partial charge in [0.2, 0.25) is 0 Å². The van der Waals surface area contributed by atoms with Gasteiger partial charge in [0.25, 0.3) is 0 Å². The van der Waals surface area contributed by atoms with Gasteiger partial charge in [-0.3, -0.25) is 4.79 Å². The number of hydrogen-bond donors (Lipinski definition) is 1. The van der Waals surface area contributed by atoms with E-state index < -0.39 is 11.9 Å². The summed E-state index contributed by atoms with van der Waals surface area (Å²) in [6.07, 6.45) is 7.27. The summed E-state index contributed by atoms with van der Waals surface area (Å²) in [6.45, 7) is 2.02. The standard InChI is InChI=1S/C12H20N4O2/c1-9(12(17)18)8-16-11(13-14-15-16)7-6-10-4-2-3-5-10/h9-10H,2-8H2,1H3,(H,17,18). The average molecular weight is 252 g/mol. The van der Waals surface area contributed by atoms with Crippen LogP contribution in [0.25, 0.3) is 0 Å². The van der Waals surface area contributed by atoms with Crippen molar-refractivity contribution in [2.75, 3.05) is 0 Å². The monoisotopic (exact) mass is 252 g/mol. The van der Waals surface area contributed by atoms with Crippen molar-refractivity contribution in [1.82, 2.24) is 20.2 Å². The van der Waals surface area contributed by atoms with Gasteiger partial charge in [-0.2, -0.15) is 0 Å². The molecular formula is C12H20N4O2. The number of hydrogen-bond acceptors (Lipinski definition) is 4. The molecule has 1 atom stereocenters. The molecular weight excluding hydrogens is 232 g/mol. The van der Waals surface area contributed by atoms with E-state index in [0.29, 0.717) is 6.54 Å². The van der Waals surface area contributed by atoms with Crippen molar-refractivity contribution in [3.05, 3.63) is 5.82 Å². The highest BCUT2D eigenvalue weighted by molar-refractivity contribution is 5.69. The summed E-state index contributed by atoms with van der Waals surface area (Å²) in [5.41, 5.74) is 0. The predicted molar refractivity (Wildman–Crippen MR) is 64.9 cm³/mol. The second kappa shape index (κ2) is 5.93. The van der Waals surface area contributed by atoms with Crippen LogP contribution < -0.4 is 0 Å². The molecule has 1 fully saturated rings. The summed E-state index contributed by atoms with van der Waals surface area (Å²) >= 11 is 0. The minimum Gasteiger partial charge on any atom is -0.481 e. The Kier molecular flexibility index (Phi) is 4.28. The maximum Gasteiger partial charge on any atom is 0.308 e. The molecule has 0 spiro atoms. The van der Waals surface area contributed by atoms with E-state index in [9.17, 15) is 4.79 Å². The Bertz CT molecular complexity index is 399. The van der Waals surface area contributed by atoms with Gasteiger partial charge in [-0.15, -0.1) is 5.10 Å². The van der Waals surface area contributed by atoms with E-state index in [0.717, 1.165) is 24.6 Å². The molecule has 1 aliphatic carbocycles. The lowest BCUT2D eigenvalue weighted by molar-refractivity contribution is -0.141. The zero-order chi connectivity index (χ0) is 13.0. The van der Waals surface area contributed by atoms with Crippen LogP contribution in [0.3, 0.4) is 0 Å². The Morgan fingerprint density at radius 1 is 1.50 bits per heavy atom. The van der Waals surface area contributed by atoms with E-state index in [4.69, 9.17) is 5.11 Å². The maximum atomic E-state index is 10.8. The third kappa shape index (κ3) is 3.27. The van der Waals surface area contributed by atoms with Crippen molar-refractivity contribution < 1.29 is 9.90 Å². The first-order valence-corrected chi connectivity index (χ1v) is 6.64. The van der Waals surface area contributed by atoms with Crippen molar-refractivity contribution in [2.45, 2.75) is 52.0 Å². The lowest BCUT2D eigenvalue weighted by Gasteiger charge is -2.10. The first-order valence-electron chi connectivity index (χ1n) is 6.64. The van der Waals surface area contributed by atoms with Crippen molar-refractivity contribution in [3.8, 4) is 0 Å². The van der Waals surface area contributed by atoms with Gasteiger partial charge < -0.3 is 5.11 Å². The molecule has 0 aliphatic heterocycles. The first-order chi connectivity index (χ1) is 8.66. The second-order valence-electron chi connectivity index (χ2n) is 5.21. The van der Waals surface area contributed by atoms with Gasteiger partial charge in [-0.1, -0.05) is 32.6 Å². The van der Waals surface area contributed by atoms with Crippen molar-refractivity contribution in [2.24, 2.45) is 11.8 Å². The quantitative estimate of drug-likeness (QED) is 0.830. The van der Waals surface area contributed by atoms with Crippen LogP contribution in [0.2, 0.25) is 0 Å². The molecule has 6 heteroatoms. The Morgan fingerprint density at radius 3 is 2.89 bits per heavy atom. The Balaban J connectivity index is 1.88. The van der Waals surface area contributed by atoms with Gasteiger partial charge in [0.05, 0.1) is 12.5 Å². The first kappa shape index (κ1) is 13.0. The molecule has 0 bridgehead atoms. The van der Waals surface area contributed by atoms with Crippen molar-refractivity contribution in [1.29, 1.82) is 0 Å². The van der Waals surface area contributed by atoms with Gasteiger partial charge in [0.1, 0.15) is 0 Å². The highest BCUT2D eigenvalue weighted by Gasteiger charge is 2.18. The van der Waals surface area contributed by atoms with Gasteiger partial charge in [0, 0.05) is 6.42 Å². The molecule has 1 saturated carbocycles. The zero-order valence-corrected chi connectivity index (χ0v) is 10.7. The summed E-state index contributed by atoms with van der Waals surface area (Å²) in [5.74, 6) is 0.341. The fraction of sp³-hybridized carbons (Fsp3) is 0.833. The summed E-state index contributed by atoms with van der Waals surface area (Å²) < 4.78 is 1.63. The molecule has 18 heavy (non-hydrogen) atoms. The number of tetrazole rings is 1. The Morgan fingerprint density at radius 2 is 2.22 bits per heavy atom. The van der Waals surface area contributed by atoms with Crippen LogP contribution in [-0.4, -0.2) is 31.3 Å². The van der Waals surface area contributed by atoms with E-state index >= 15 is 0 Å². The lowest BCUT2D eigenvalue weighted by atomic mass is 10.0. The number of rotatable bonds is 6. The minimum atomic E-state index is -0.813. The predicted octanol–water partition coefficient (Wildman–Crippen LogP) is 1.52. The molecule has 0 saturated heterocycles. The number of aromatic nitrogens is 4. The molecule has 6 nitrogen and oxygen atoms in total. The molecule has 1 aliphatic rings. The smallest absolute Gasteiger partial charge is 0.308 e. The van der Waals surface area contributed by atoms with Crippen LogP contribution >= 0.6 is 0 Å². The third-order valence-corrected chi connectivity index (χ3v) is 3.73. The molecule has 0 aromatic carbocycles. The summed E-state index contributed by atoms with van der Waals surface area (Å²) in [7, 11) is 0. The number of carboxylic acid groups (broad SMARTS) is 1. The SMILES string of the molecule is CC(Cn1nnnc1CCC1CCCC1)C(=O)O. The number of nitrogens with zero attached hydrogens (tertiary/aromatic N) is 4. The van der Waals surface area contributed by atoms with Crippen LogP contribution in [0.5, 0.6) is 0 Å². The highest BCUT2D eigenvalue weighted by Crippen LogP contribution is 2.28. The number of aryl methyl sites for hydroxylation is 1. The molecule has 1 heterocycles. The van der Waals surface area contributed by atoms with E-state index in [-0.39, 0.29) is 0 Å². The van der Waals surface area contributed by atoms with Gasteiger partial charge >= 0.3 is 5.97 Å². The molecule has 2 rings (SSSR count). The molecule has 100 valence electrons. The minimum absolute atomic E-state index is 0.350. The topological polar surface area (TPSA) is 80.9 Å². The number of carboxylic acids is 1. The highest BCUT2D eigenvalue weighted by atomic mass is 16.4. The van der Waals surface area contributed by atoms with Gasteiger partial charge in [-0.25, -0.2) is 4.68 Å².